The molecule has 0 aliphatic carbocycles. The number of benzene rings is 3. The minimum absolute atomic E-state index is 0.0764. The van der Waals surface area contributed by atoms with E-state index in [0.29, 0.717) is 16.7 Å². The molecule has 0 spiro atoms. The van der Waals surface area contributed by atoms with Gasteiger partial charge in [-0.3, -0.25) is 0 Å². The van der Waals surface area contributed by atoms with Crippen molar-refractivity contribution in [3.8, 4) is 11.5 Å². The summed E-state index contributed by atoms with van der Waals surface area (Å²) in [5.74, 6) is -1.24. The zero-order valence-corrected chi connectivity index (χ0v) is 29.6. The van der Waals surface area contributed by atoms with Gasteiger partial charge in [0.05, 0.1) is 11.1 Å². The third-order valence-electron chi connectivity index (χ3n) is 8.20. The van der Waals surface area contributed by atoms with Crippen molar-refractivity contribution in [2.45, 2.75) is 98.2 Å². The van der Waals surface area contributed by atoms with E-state index in [1.54, 1.807) is 0 Å². The number of hydrogen-bond donors (Lipinski definition) is 4. The van der Waals surface area contributed by atoms with E-state index in [4.69, 9.17) is 10.2 Å². The van der Waals surface area contributed by atoms with Gasteiger partial charge in [0.15, 0.2) is 0 Å². The molecular weight excluding hydrogens is 605 g/mol. The summed E-state index contributed by atoms with van der Waals surface area (Å²) >= 11 is 0. The second kappa shape index (κ2) is 14.0. The average molecular weight is 651 g/mol. The molecule has 0 fully saturated rings. The standard InChI is InChI=1S/C29H40O2S2.C8H6O4/c1-16-11-24(28(5,6)7)26(30)18(3)22(16)14-20-13-21(33-32-20)15-23-17(2)12-25(29(8,9)10)27(31)19(23)4;9-7(10)5-1-2-6(4-3-5)8(11)12/h11-13,20,30-31H,14-15H2,1-10H3;1-4H,(H,9,10)(H,11,12). The van der Waals surface area contributed by atoms with Crippen molar-refractivity contribution < 1.29 is 30.0 Å². The smallest absolute Gasteiger partial charge is 0.335 e. The number of phenols is 2. The molecule has 0 aromatic heterocycles. The summed E-state index contributed by atoms with van der Waals surface area (Å²) in [6.45, 7) is 21.3. The Hall–Kier alpha value is -3.36. The molecule has 0 saturated heterocycles. The van der Waals surface area contributed by atoms with Crippen molar-refractivity contribution in [3.63, 3.8) is 0 Å². The second-order valence-electron chi connectivity index (χ2n) is 13.8. The van der Waals surface area contributed by atoms with Crippen LogP contribution in [0.5, 0.6) is 11.5 Å². The first-order valence-electron chi connectivity index (χ1n) is 15.0. The first-order chi connectivity index (χ1) is 20.7. The molecule has 3 aromatic rings. The summed E-state index contributed by atoms with van der Waals surface area (Å²) < 4.78 is 0. The third kappa shape index (κ3) is 8.67. The molecule has 1 heterocycles. The molecule has 4 rings (SSSR count). The van der Waals surface area contributed by atoms with Crippen LogP contribution in [0.15, 0.2) is 47.4 Å². The van der Waals surface area contributed by atoms with Crippen molar-refractivity contribution in [1.29, 1.82) is 0 Å². The van der Waals surface area contributed by atoms with Gasteiger partial charge >= 0.3 is 11.9 Å². The van der Waals surface area contributed by atoms with Crippen molar-refractivity contribution in [2.24, 2.45) is 0 Å². The lowest BCUT2D eigenvalue weighted by Crippen LogP contribution is -2.14. The van der Waals surface area contributed by atoms with Crippen LogP contribution in [0.4, 0.5) is 0 Å². The monoisotopic (exact) mass is 650 g/mol. The maximum atomic E-state index is 10.9. The fourth-order valence-corrected chi connectivity index (χ4v) is 8.12. The summed E-state index contributed by atoms with van der Waals surface area (Å²) in [4.78, 5) is 22.0. The number of carboxylic acid groups (broad SMARTS) is 2. The fourth-order valence-electron chi connectivity index (χ4n) is 5.45. The maximum absolute atomic E-state index is 10.9. The molecule has 0 saturated carbocycles. The highest BCUT2D eigenvalue weighted by Gasteiger charge is 2.27. The van der Waals surface area contributed by atoms with E-state index in [1.165, 1.54) is 51.4 Å². The summed E-state index contributed by atoms with van der Waals surface area (Å²) in [6, 6.07) is 9.35. The van der Waals surface area contributed by atoms with E-state index in [1.807, 2.05) is 28.5 Å². The molecule has 45 heavy (non-hydrogen) atoms. The number of hydrogen-bond acceptors (Lipinski definition) is 6. The van der Waals surface area contributed by atoms with E-state index < -0.39 is 11.9 Å². The molecule has 242 valence electrons. The minimum atomic E-state index is -1.06. The van der Waals surface area contributed by atoms with E-state index in [2.05, 4.69) is 80.5 Å². The largest absolute Gasteiger partial charge is 0.507 e. The Bertz CT molecular complexity index is 1590. The zero-order chi connectivity index (χ0) is 34.0. The lowest BCUT2D eigenvalue weighted by atomic mass is 9.82. The lowest BCUT2D eigenvalue weighted by Gasteiger charge is -2.25. The van der Waals surface area contributed by atoms with Crippen LogP contribution in [0.3, 0.4) is 0 Å². The highest BCUT2D eigenvalue weighted by molar-refractivity contribution is 8.78. The quantitative estimate of drug-likeness (QED) is 0.195. The summed E-state index contributed by atoms with van der Waals surface area (Å²) in [5, 5.41) is 39.1. The molecule has 1 unspecified atom stereocenters. The number of aryl methyl sites for hydroxylation is 2. The number of carboxylic acids is 2. The topological polar surface area (TPSA) is 115 Å². The Morgan fingerprint density at radius 3 is 1.51 bits per heavy atom. The van der Waals surface area contributed by atoms with Gasteiger partial charge < -0.3 is 20.4 Å². The van der Waals surface area contributed by atoms with Crippen LogP contribution in [0, 0.1) is 27.7 Å². The molecular formula is C37H46O6S2. The first-order valence-corrected chi connectivity index (χ1v) is 17.2. The molecule has 0 amide bonds. The molecule has 1 aliphatic rings. The van der Waals surface area contributed by atoms with Gasteiger partial charge in [-0.05, 0) is 119 Å². The number of rotatable bonds is 6. The summed E-state index contributed by atoms with van der Waals surface area (Å²) in [7, 11) is 3.76. The van der Waals surface area contributed by atoms with Gasteiger partial charge in [0.1, 0.15) is 11.5 Å². The Balaban J connectivity index is 0.000000385. The Morgan fingerprint density at radius 1 is 0.711 bits per heavy atom. The predicted octanol–water partition coefficient (Wildman–Crippen LogP) is 9.44. The zero-order valence-electron chi connectivity index (χ0n) is 28.0. The van der Waals surface area contributed by atoms with Crippen molar-refractivity contribution in [1.82, 2.24) is 0 Å². The molecule has 4 N–H and O–H groups in total. The molecule has 1 aliphatic heterocycles. The molecule has 1 atom stereocenters. The summed E-state index contributed by atoms with van der Waals surface area (Å²) in [6.07, 6.45) is 4.16. The number of carbonyl (C=O) groups is 2. The fraction of sp³-hybridized carbons (Fsp3) is 0.405. The van der Waals surface area contributed by atoms with Gasteiger partial charge in [0, 0.05) is 11.7 Å². The average Bonchev–Trinajstić information content (AvgIpc) is 3.39. The van der Waals surface area contributed by atoms with Crippen LogP contribution in [-0.2, 0) is 23.7 Å². The third-order valence-corrected chi connectivity index (χ3v) is 11.0. The Labute approximate surface area is 275 Å². The van der Waals surface area contributed by atoms with Gasteiger partial charge in [-0.15, -0.1) is 0 Å². The number of phenolic OH excluding ortho intramolecular Hbond substituents is 2. The van der Waals surface area contributed by atoms with Crippen molar-refractivity contribution >= 4 is 33.5 Å². The van der Waals surface area contributed by atoms with Crippen molar-refractivity contribution in [3.05, 3.63) is 103 Å². The van der Waals surface area contributed by atoms with Crippen LogP contribution >= 0.6 is 21.6 Å². The van der Waals surface area contributed by atoms with Crippen molar-refractivity contribution in [2.75, 3.05) is 0 Å². The SMILES string of the molecule is Cc1cc(C(C)(C)C)c(O)c(C)c1CC1=CC(Cc2c(C)cc(C(C)(C)C)c(O)c2C)SS1.O=C(O)c1ccc(C(=O)O)cc1. The van der Waals surface area contributed by atoms with Gasteiger partial charge in [-0.2, -0.15) is 0 Å². The van der Waals surface area contributed by atoms with Gasteiger partial charge in [-0.1, -0.05) is 81.3 Å². The highest BCUT2D eigenvalue weighted by atomic mass is 33.1. The number of allylic oxidation sites excluding steroid dienone is 1. The molecule has 3 aromatic carbocycles. The van der Waals surface area contributed by atoms with Crippen LogP contribution in [0.1, 0.15) is 107 Å². The number of aromatic carboxylic acids is 2. The van der Waals surface area contributed by atoms with Crippen LogP contribution in [-0.4, -0.2) is 37.6 Å². The van der Waals surface area contributed by atoms with Gasteiger partial charge in [0.25, 0.3) is 0 Å². The van der Waals surface area contributed by atoms with Crippen LogP contribution in [0.25, 0.3) is 0 Å². The molecule has 0 bridgehead atoms. The van der Waals surface area contributed by atoms with Crippen LogP contribution < -0.4 is 0 Å². The number of aromatic hydroxyl groups is 2. The van der Waals surface area contributed by atoms with E-state index in [0.717, 1.165) is 35.1 Å². The first kappa shape index (κ1) is 36.1. The van der Waals surface area contributed by atoms with E-state index >= 15 is 0 Å². The predicted molar refractivity (Wildman–Crippen MR) is 187 cm³/mol. The Kier molecular flexibility index (Phi) is 11.2. The molecule has 0 radical (unpaired) electrons. The van der Waals surface area contributed by atoms with Crippen LogP contribution in [0.2, 0.25) is 0 Å². The summed E-state index contributed by atoms with van der Waals surface area (Å²) in [5.41, 5.74) is 9.08. The molecule has 8 heteroatoms. The lowest BCUT2D eigenvalue weighted by molar-refractivity contribution is 0.0681. The minimum Gasteiger partial charge on any atom is -0.507 e. The van der Waals surface area contributed by atoms with E-state index in [9.17, 15) is 19.8 Å². The van der Waals surface area contributed by atoms with Gasteiger partial charge in [-0.25, -0.2) is 9.59 Å². The van der Waals surface area contributed by atoms with E-state index in [-0.39, 0.29) is 22.0 Å². The normalized spacial score (nSPS) is 14.9. The highest BCUT2D eigenvalue weighted by Crippen LogP contribution is 2.47. The Morgan fingerprint density at radius 2 is 1.11 bits per heavy atom. The molecule has 6 nitrogen and oxygen atoms in total. The second-order valence-corrected chi connectivity index (χ2v) is 16.4. The van der Waals surface area contributed by atoms with Gasteiger partial charge in [0.2, 0.25) is 0 Å². The maximum Gasteiger partial charge on any atom is 0.335 e.